The first-order chi connectivity index (χ1) is 64.6. The van der Waals surface area contributed by atoms with Crippen LogP contribution in [0.4, 0.5) is 26.9 Å². The summed E-state index contributed by atoms with van der Waals surface area (Å²) in [6.45, 7) is 17.8. The predicted molar refractivity (Wildman–Crippen MR) is 498 cm³/mol. The van der Waals surface area contributed by atoms with Gasteiger partial charge in [-0.2, -0.15) is 0 Å². The molecule has 10 N–H and O–H groups in total. The number of carbonyl (C=O) groups excluding carboxylic acids is 8. The molecule has 1 aliphatic carbocycles. The molecule has 734 valence electrons. The third-order valence-corrected chi connectivity index (χ3v) is 28.8. The summed E-state index contributed by atoms with van der Waals surface area (Å²) in [6, 6.07) is 9.30. The number of methoxy groups -OCH3 is 2. The van der Waals surface area contributed by atoms with Crippen LogP contribution in [0.25, 0.3) is 11.1 Å². The normalized spacial score (nSPS) is 27.5. The number of carbonyl (C=O) groups is 8. The van der Waals surface area contributed by atoms with Crippen LogP contribution < -0.4 is 36.6 Å². The maximum absolute atomic E-state index is 16.0. The van der Waals surface area contributed by atoms with Crippen molar-refractivity contribution in [3.05, 3.63) is 155 Å². The van der Waals surface area contributed by atoms with Gasteiger partial charge < -0.3 is 100 Å². The highest BCUT2D eigenvalue weighted by molar-refractivity contribution is 7.91. The molecule has 3 aromatic heterocycles. The van der Waals surface area contributed by atoms with E-state index in [2.05, 4.69) is 40.5 Å². The smallest absolute Gasteiger partial charge is 0.407 e. The SMILES string of the molecule is CO[C@H]1C[C@@H]2CC[C@@H](C)[C@@](O)(O2)C(=O)C(=O)N2CCCC[C@H]2C(=O)O[C@H]([C@H](N)C[C@@H]2CC[C@@H](OC(=O)NCc3cnc(N4CCN(C(=O)CCOCCN5CCN(c6ncc(C(=O)NCCS(=O)(=O)c7ccc(C(=O)N8CCOc9ccc(-c%10ccc(N)nc%10)cc9C8)c(C)c7F)cn6)CC5)CC4)nc3)[C@H](OC)C2)C[C@@H](O)[C@H](C)/C=C(\C)[C@@H](O)[C@@H](O)C(=O)[C@H](C)C[C@H](C)/C=C/C=CC=C1C. The van der Waals surface area contributed by atoms with E-state index < -0.39 is 152 Å². The lowest BCUT2D eigenvalue weighted by molar-refractivity contribution is -0.265. The molecule has 5 aromatic rings. The van der Waals surface area contributed by atoms with Gasteiger partial charge in [-0.3, -0.25) is 33.7 Å². The molecule has 5 fully saturated rings. The quantitative estimate of drug-likeness (QED) is 0.0145. The number of rotatable bonds is 23. The van der Waals surface area contributed by atoms with Crippen molar-refractivity contribution in [3.8, 4) is 16.9 Å². The van der Waals surface area contributed by atoms with E-state index in [1.54, 1.807) is 70.4 Å². The Bertz CT molecular complexity index is 5180. The molecular formula is C97H132FN15O21S. The van der Waals surface area contributed by atoms with Crippen molar-refractivity contribution in [2.75, 3.05) is 134 Å². The van der Waals surface area contributed by atoms with Gasteiger partial charge in [0.15, 0.2) is 15.6 Å². The number of alkyl carbamates (subject to hydrolysis) is 1. The molecule has 5 amide bonds. The molecule has 0 radical (unpaired) electrons. The monoisotopic (exact) mass is 1890 g/mol. The first-order valence-electron chi connectivity index (χ1n) is 46.9. The molecule has 1 saturated carbocycles. The molecular weight excluding hydrogens is 1760 g/mol. The van der Waals surface area contributed by atoms with E-state index in [0.717, 1.165) is 33.2 Å². The maximum atomic E-state index is 16.0. The van der Waals surface area contributed by atoms with E-state index in [1.165, 1.54) is 37.4 Å². The summed E-state index contributed by atoms with van der Waals surface area (Å²) in [6.07, 6.45) is 13.5. The fraction of sp³-hybridized carbons (Fsp3) is 0.577. The number of nitrogens with two attached hydrogens (primary N) is 2. The molecule has 0 unspecified atom stereocenters. The van der Waals surface area contributed by atoms with Gasteiger partial charge in [0.1, 0.15) is 59.3 Å². The molecule has 12 rings (SSSR count). The number of piperazine rings is 2. The average Bonchev–Trinajstić information content (AvgIpc) is 1.11. The van der Waals surface area contributed by atoms with Gasteiger partial charge in [-0.1, -0.05) is 70.2 Å². The van der Waals surface area contributed by atoms with Crippen LogP contribution in [0.2, 0.25) is 0 Å². The third kappa shape index (κ3) is 27.0. The Kier molecular flexibility index (Phi) is 36.6. The molecule has 7 aliphatic rings. The van der Waals surface area contributed by atoms with E-state index in [-0.39, 0.29) is 118 Å². The second-order valence-electron chi connectivity index (χ2n) is 36.7. The number of Topliss-reactive ketones (excluding diaryl/α,β-unsaturated/α-hetero) is 2. The average molecular weight is 1900 g/mol. The lowest BCUT2D eigenvalue weighted by atomic mass is 9.80. The zero-order valence-corrected chi connectivity index (χ0v) is 79.4. The van der Waals surface area contributed by atoms with Crippen molar-refractivity contribution in [3.63, 3.8) is 0 Å². The number of aliphatic hydroxyl groups is 4. The molecule has 135 heavy (non-hydrogen) atoms. The van der Waals surface area contributed by atoms with E-state index in [9.17, 15) is 67.2 Å². The highest BCUT2D eigenvalue weighted by atomic mass is 32.2. The van der Waals surface area contributed by atoms with Crippen LogP contribution in [0, 0.1) is 42.3 Å². The fourth-order valence-electron chi connectivity index (χ4n) is 18.6. The molecule has 16 atom stereocenters. The Morgan fingerprint density at radius 1 is 0.719 bits per heavy atom. The van der Waals surface area contributed by atoms with Gasteiger partial charge in [-0.25, -0.2) is 47.3 Å². The van der Waals surface area contributed by atoms with Crippen LogP contribution >= 0.6 is 0 Å². The number of sulfone groups is 1. The highest BCUT2D eigenvalue weighted by Gasteiger charge is 2.54. The van der Waals surface area contributed by atoms with E-state index in [1.807, 2.05) is 78.3 Å². The van der Waals surface area contributed by atoms with Crippen molar-refractivity contribution in [1.29, 1.82) is 0 Å². The van der Waals surface area contributed by atoms with Crippen LogP contribution in [0.5, 0.6) is 5.75 Å². The number of aliphatic hydroxyl groups excluding tert-OH is 3. The number of fused-ring (bicyclic) bond motifs is 4. The summed E-state index contributed by atoms with van der Waals surface area (Å²) in [5.74, 6) is -9.60. The van der Waals surface area contributed by atoms with Gasteiger partial charge >= 0.3 is 12.1 Å². The Balaban J connectivity index is 0.547. The molecule has 9 heterocycles. The third-order valence-electron chi connectivity index (χ3n) is 27.0. The number of esters is 1. The Hall–Kier alpha value is -10.7. The number of piperidine rings is 1. The molecule has 2 aromatic carbocycles. The summed E-state index contributed by atoms with van der Waals surface area (Å²) in [4.78, 5) is 144. The van der Waals surface area contributed by atoms with Crippen LogP contribution in [0.1, 0.15) is 162 Å². The van der Waals surface area contributed by atoms with Crippen LogP contribution in [-0.4, -0.2) is 306 Å². The number of cyclic esters (lactones) is 1. The van der Waals surface area contributed by atoms with E-state index in [4.69, 9.17) is 44.6 Å². The number of halogens is 1. The second kappa shape index (κ2) is 47.9. The molecule has 0 spiro atoms. The highest BCUT2D eigenvalue weighted by Crippen LogP contribution is 2.39. The number of allylic oxidation sites excluding steroid dienone is 5. The molecule has 4 saturated heterocycles. The number of pyridine rings is 1. The van der Waals surface area contributed by atoms with E-state index >= 15 is 4.39 Å². The number of hydrogen-bond acceptors (Lipinski definition) is 31. The number of amides is 5. The zero-order valence-electron chi connectivity index (χ0n) is 78.6. The standard InChI is InChI=1S/C97H132FN15O21S/c1-59-15-11-10-12-16-60(2)79(128-8)50-72-22-18-64(6)97(125,134-72)89(119)92(122)113-30-14-13-17-75(113)93(123)132-80(51-76(114)61(3)46-63(5)87(117)88(118)86(116)62(4)45-59)74(99)47-66-19-24-78(81(48-66)129-9)133-96(124)107-54-67-52-103-94(104-53-67)111-37-35-109(36-38-111)84(115)28-41-130-42-39-108-31-33-110(34-32-108)95-105-56-71(57-106-95)90(120)101-29-44-135(126,127)82-26-23-73(65(7)85(82)98)91(121)112-40-43-131-77-25-20-68(49-70(77)58-112)69-21-27-83(100)102-55-69/h10-12,15-16,20-21,23,25-27,46,49,52-53,55-57,59,61-62,64,66,72,74-76,78-81,87-88,114,117-118,125H,13-14,17-19,22,24,28-45,47-48,50-51,54,58,99H2,1-9H3,(H2,100,102)(H,101,120)(H,107,124)/b12-10?,15-11+,60-16?,63-46+/t59-,61-,62-,64-,66+,72+,74-,75+,76-,78-,79+,80+,81-,87-,88+,97-/m1/s1. The van der Waals surface area contributed by atoms with Crippen LogP contribution in [0.15, 0.2) is 126 Å². The number of hydrogen-bond donors (Lipinski definition) is 8. The van der Waals surface area contributed by atoms with Crippen molar-refractivity contribution >= 4 is 74.8 Å². The van der Waals surface area contributed by atoms with Crippen LogP contribution in [0.3, 0.4) is 0 Å². The number of ketones is 2. The number of aromatic nitrogens is 5. The Morgan fingerprint density at radius 3 is 2.13 bits per heavy atom. The Labute approximate surface area is 788 Å². The number of ether oxygens (including phenoxy) is 7. The summed E-state index contributed by atoms with van der Waals surface area (Å²) < 4.78 is 85.2. The minimum absolute atomic E-state index is 0.000242. The van der Waals surface area contributed by atoms with E-state index in [0.29, 0.717) is 146 Å². The minimum Gasteiger partial charge on any atom is -0.491 e. The number of anilines is 3. The molecule has 2 bridgehead atoms. The Morgan fingerprint density at radius 2 is 1.43 bits per heavy atom. The zero-order chi connectivity index (χ0) is 97.0. The summed E-state index contributed by atoms with van der Waals surface area (Å²) >= 11 is 0. The van der Waals surface area contributed by atoms with Crippen molar-refractivity contribution in [1.82, 2.24) is 55.2 Å². The molecule has 36 nitrogen and oxygen atoms in total. The molecule has 6 aliphatic heterocycles. The second-order valence-corrected chi connectivity index (χ2v) is 38.8. The number of nitrogen functional groups attached to an aromatic ring is 1. The first kappa shape index (κ1) is 103. The first-order valence-corrected chi connectivity index (χ1v) is 48.5. The minimum atomic E-state index is -4.27. The van der Waals surface area contributed by atoms with Crippen molar-refractivity contribution in [2.24, 2.45) is 35.3 Å². The van der Waals surface area contributed by atoms with Gasteiger partial charge in [0.05, 0.1) is 61.9 Å². The number of nitrogens with zero attached hydrogens (tertiary/aromatic N) is 11. The molecule has 38 heteroatoms. The number of benzene rings is 2. The van der Waals surface area contributed by atoms with Crippen molar-refractivity contribution in [2.45, 2.75) is 217 Å². The predicted octanol–water partition coefficient (Wildman–Crippen LogP) is 6.73. The summed E-state index contributed by atoms with van der Waals surface area (Å²) in [5.41, 5.74) is 16.9. The van der Waals surface area contributed by atoms with Crippen molar-refractivity contribution < 1.29 is 105 Å². The summed E-state index contributed by atoms with van der Waals surface area (Å²) in [5, 5.41) is 52.1. The lowest BCUT2D eigenvalue weighted by Gasteiger charge is -2.42. The van der Waals surface area contributed by atoms with Gasteiger partial charge in [-0.05, 0) is 155 Å². The largest absolute Gasteiger partial charge is 0.491 e. The maximum Gasteiger partial charge on any atom is 0.407 e. The lowest BCUT2D eigenvalue weighted by Crippen LogP contribution is -2.61. The van der Waals surface area contributed by atoms with Gasteiger partial charge in [-0.15, -0.1) is 0 Å². The summed E-state index contributed by atoms with van der Waals surface area (Å²) in [7, 11) is -1.21. The van der Waals surface area contributed by atoms with Gasteiger partial charge in [0.2, 0.25) is 23.6 Å². The fourth-order valence-corrected chi connectivity index (χ4v) is 19.9. The van der Waals surface area contributed by atoms with Gasteiger partial charge in [0, 0.05) is 189 Å². The van der Waals surface area contributed by atoms with Gasteiger partial charge in [0.25, 0.3) is 23.5 Å². The van der Waals surface area contributed by atoms with Crippen LogP contribution in [-0.2, 0) is 75.3 Å². The number of nitrogens with one attached hydrogen (secondary N) is 2. The topological polar surface area (TPSA) is 476 Å².